The van der Waals surface area contributed by atoms with Gasteiger partial charge in [-0.2, -0.15) is 13.2 Å². The zero-order chi connectivity index (χ0) is 18.8. The Kier molecular flexibility index (Phi) is 5.46. The molecule has 2 aromatic rings. The average Bonchev–Trinajstić information content (AvgIpc) is 2.53. The predicted molar refractivity (Wildman–Crippen MR) is 92.1 cm³/mol. The molecule has 25 heavy (non-hydrogen) atoms. The quantitative estimate of drug-likeness (QED) is 0.772. The third kappa shape index (κ3) is 4.75. The third-order valence-electron chi connectivity index (χ3n) is 4.03. The van der Waals surface area contributed by atoms with Crippen LogP contribution in [0.1, 0.15) is 42.9 Å². The molecule has 0 aliphatic heterocycles. The van der Waals surface area contributed by atoms with Gasteiger partial charge >= 0.3 is 6.18 Å². The molecular weight excluding hydrogens is 351 g/mol. The van der Waals surface area contributed by atoms with Crippen LogP contribution in [0.15, 0.2) is 47.4 Å². The molecule has 3 nitrogen and oxygen atoms in total. The highest BCUT2D eigenvalue weighted by Crippen LogP contribution is 2.32. The van der Waals surface area contributed by atoms with Crippen LogP contribution < -0.4 is 4.72 Å². The van der Waals surface area contributed by atoms with Crippen LogP contribution in [-0.4, -0.2) is 8.42 Å². The van der Waals surface area contributed by atoms with E-state index in [9.17, 15) is 21.6 Å². The normalized spacial score (nSPS) is 13.5. The van der Waals surface area contributed by atoms with Gasteiger partial charge in [0.05, 0.1) is 10.5 Å². The van der Waals surface area contributed by atoms with Gasteiger partial charge in [0.15, 0.2) is 0 Å². The molecule has 1 unspecified atom stereocenters. The molecule has 0 spiro atoms. The lowest BCUT2D eigenvalue weighted by atomic mass is 9.99. The Morgan fingerprint density at radius 3 is 2.20 bits per heavy atom. The molecule has 2 rings (SSSR count). The lowest BCUT2D eigenvalue weighted by Gasteiger charge is -2.13. The molecule has 0 aromatic heterocycles. The molecule has 2 aromatic carbocycles. The molecule has 0 saturated carbocycles. The summed E-state index contributed by atoms with van der Waals surface area (Å²) in [6.45, 7) is 5.54. The molecule has 0 heterocycles. The summed E-state index contributed by atoms with van der Waals surface area (Å²) in [5.74, 6) is 0.344. The Balaban J connectivity index is 2.32. The van der Waals surface area contributed by atoms with E-state index in [-0.39, 0.29) is 5.56 Å². The van der Waals surface area contributed by atoms with E-state index in [2.05, 4.69) is 18.6 Å². The maximum atomic E-state index is 12.9. The van der Waals surface area contributed by atoms with Gasteiger partial charge in [-0.25, -0.2) is 8.42 Å². The molecule has 1 N–H and O–H groups in total. The molecule has 1 atom stereocenters. The average molecular weight is 371 g/mol. The van der Waals surface area contributed by atoms with Gasteiger partial charge in [-0.3, -0.25) is 4.72 Å². The second-order valence-corrected chi connectivity index (χ2v) is 7.75. The van der Waals surface area contributed by atoms with Crippen LogP contribution in [0.2, 0.25) is 0 Å². The molecule has 0 radical (unpaired) electrons. The van der Waals surface area contributed by atoms with E-state index in [1.807, 2.05) is 12.1 Å². The van der Waals surface area contributed by atoms with E-state index in [0.29, 0.717) is 17.7 Å². The monoisotopic (exact) mass is 371 g/mol. The maximum Gasteiger partial charge on any atom is 0.416 e. The Morgan fingerprint density at radius 2 is 1.68 bits per heavy atom. The second-order valence-electron chi connectivity index (χ2n) is 6.07. The molecule has 0 bridgehead atoms. The van der Waals surface area contributed by atoms with E-state index in [1.54, 1.807) is 12.1 Å². The zero-order valence-corrected chi connectivity index (χ0v) is 15.0. The number of hydrogen-bond donors (Lipinski definition) is 1. The minimum absolute atomic E-state index is 0.224. The fourth-order valence-corrected chi connectivity index (χ4v) is 3.58. The highest BCUT2D eigenvalue weighted by atomic mass is 32.2. The molecule has 0 amide bonds. The first-order valence-corrected chi connectivity index (χ1v) is 9.33. The summed E-state index contributed by atoms with van der Waals surface area (Å²) in [6, 6.07) is 9.61. The first kappa shape index (κ1) is 19.3. The van der Waals surface area contributed by atoms with Crippen molar-refractivity contribution >= 4 is 15.7 Å². The number of anilines is 1. The Hall–Kier alpha value is -2.02. The Morgan fingerprint density at radius 1 is 1.08 bits per heavy atom. The van der Waals surface area contributed by atoms with E-state index >= 15 is 0 Å². The number of sulfonamides is 1. The highest BCUT2D eigenvalue weighted by molar-refractivity contribution is 7.92. The van der Waals surface area contributed by atoms with Crippen molar-refractivity contribution < 1.29 is 21.6 Å². The third-order valence-corrected chi connectivity index (χ3v) is 5.39. The number of aryl methyl sites for hydroxylation is 1. The molecule has 7 heteroatoms. The molecule has 0 aliphatic carbocycles. The van der Waals surface area contributed by atoms with Crippen molar-refractivity contribution in [3.05, 3.63) is 59.2 Å². The summed E-state index contributed by atoms with van der Waals surface area (Å²) in [7, 11) is -4.11. The van der Waals surface area contributed by atoms with E-state index in [1.165, 1.54) is 13.0 Å². The van der Waals surface area contributed by atoms with Crippen molar-refractivity contribution in [2.45, 2.75) is 44.2 Å². The van der Waals surface area contributed by atoms with Crippen LogP contribution in [0.3, 0.4) is 0 Å². The van der Waals surface area contributed by atoms with Crippen LogP contribution in [0.4, 0.5) is 18.9 Å². The first-order chi connectivity index (χ1) is 11.5. The zero-order valence-electron chi connectivity index (χ0n) is 14.2. The minimum Gasteiger partial charge on any atom is -0.280 e. The van der Waals surface area contributed by atoms with Crippen molar-refractivity contribution in [1.29, 1.82) is 0 Å². The van der Waals surface area contributed by atoms with Crippen molar-refractivity contribution in [3.8, 4) is 0 Å². The molecule has 136 valence electrons. The summed E-state index contributed by atoms with van der Waals surface area (Å²) >= 11 is 0. The topological polar surface area (TPSA) is 46.2 Å². The van der Waals surface area contributed by atoms with Crippen molar-refractivity contribution in [2.24, 2.45) is 0 Å². The van der Waals surface area contributed by atoms with Gasteiger partial charge in [0.1, 0.15) is 0 Å². The maximum absolute atomic E-state index is 12.9. The largest absolute Gasteiger partial charge is 0.416 e. The Labute approximate surface area is 145 Å². The number of nitrogens with one attached hydrogen (secondary N) is 1. The summed E-state index contributed by atoms with van der Waals surface area (Å²) < 4.78 is 65.9. The standard InChI is InChI=1S/C18H20F3NO2S/c1-4-13(3)14-5-7-16(8-6-14)22-25(23,24)17-10-12(2)9-15(11-17)18(19,20)21/h5-11,13,22H,4H2,1-3H3. The predicted octanol–water partition coefficient (Wildman–Crippen LogP) is 5.33. The first-order valence-electron chi connectivity index (χ1n) is 7.84. The molecule has 0 saturated heterocycles. The smallest absolute Gasteiger partial charge is 0.280 e. The van der Waals surface area contributed by atoms with Gasteiger partial charge < -0.3 is 0 Å². The summed E-state index contributed by atoms with van der Waals surface area (Å²) in [6.07, 6.45) is -3.65. The number of rotatable bonds is 5. The van der Waals surface area contributed by atoms with Crippen LogP contribution in [-0.2, 0) is 16.2 Å². The summed E-state index contributed by atoms with van der Waals surface area (Å²) in [4.78, 5) is -0.411. The number of alkyl halides is 3. The van der Waals surface area contributed by atoms with Gasteiger partial charge in [0, 0.05) is 5.69 Å². The Bertz CT molecular complexity index is 844. The minimum atomic E-state index is -4.60. The highest BCUT2D eigenvalue weighted by Gasteiger charge is 2.32. The van der Waals surface area contributed by atoms with Crippen LogP contribution in [0, 0.1) is 6.92 Å². The van der Waals surface area contributed by atoms with Crippen molar-refractivity contribution in [1.82, 2.24) is 0 Å². The summed E-state index contributed by atoms with van der Waals surface area (Å²) in [5.41, 5.74) is 0.616. The fraction of sp³-hybridized carbons (Fsp3) is 0.333. The van der Waals surface area contributed by atoms with E-state index in [4.69, 9.17) is 0 Å². The van der Waals surface area contributed by atoms with Gasteiger partial charge in [0.2, 0.25) is 0 Å². The second kappa shape index (κ2) is 7.07. The van der Waals surface area contributed by atoms with E-state index in [0.717, 1.165) is 18.1 Å². The summed E-state index contributed by atoms with van der Waals surface area (Å²) in [5, 5.41) is 0. The SMILES string of the molecule is CCC(C)c1ccc(NS(=O)(=O)c2cc(C)cc(C(F)(F)F)c2)cc1. The lowest BCUT2D eigenvalue weighted by molar-refractivity contribution is -0.137. The fourth-order valence-electron chi connectivity index (χ4n) is 2.40. The van der Waals surface area contributed by atoms with Crippen LogP contribution in [0.5, 0.6) is 0 Å². The number of hydrogen-bond acceptors (Lipinski definition) is 2. The van der Waals surface area contributed by atoms with Crippen molar-refractivity contribution in [2.75, 3.05) is 4.72 Å². The van der Waals surface area contributed by atoms with Crippen LogP contribution >= 0.6 is 0 Å². The van der Waals surface area contributed by atoms with E-state index < -0.39 is 26.7 Å². The van der Waals surface area contributed by atoms with Gasteiger partial charge in [0.25, 0.3) is 10.0 Å². The molecule has 0 aliphatic rings. The lowest BCUT2D eigenvalue weighted by Crippen LogP contribution is -2.15. The van der Waals surface area contributed by atoms with Crippen LogP contribution in [0.25, 0.3) is 0 Å². The number of benzene rings is 2. The van der Waals surface area contributed by atoms with Gasteiger partial charge in [-0.05, 0) is 60.7 Å². The van der Waals surface area contributed by atoms with Gasteiger partial charge in [-0.15, -0.1) is 0 Å². The molecular formula is C18H20F3NO2S. The van der Waals surface area contributed by atoms with Crippen molar-refractivity contribution in [3.63, 3.8) is 0 Å². The molecule has 0 fully saturated rings. The number of halogens is 3. The van der Waals surface area contributed by atoms with Gasteiger partial charge in [-0.1, -0.05) is 26.0 Å².